The lowest BCUT2D eigenvalue weighted by Gasteiger charge is -2.31. The number of hydrogen-bond acceptors (Lipinski definition) is 13. The van der Waals surface area contributed by atoms with Crippen LogP contribution >= 0.6 is 34.8 Å². The topological polar surface area (TPSA) is 188 Å². The minimum absolute atomic E-state index is 0.0110. The number of alkyl halides is 2. The van der Waals surface area contributed by atoms with Crippen molar-refractivity contribution in [3.63, 3.8) is 0 Å². The van der Waals surface area contributed by atoms with E-state index in [9.17, 15) is 9.59 Å². The molecule has 19 heteroatoms. The Bertz CT molecular complexity index is 3120. The van der Waals surface area contributed by atoms with Gasteiger partial charge in [0.05, 0.1) is 55.1 Å². The van der Waals surface area contributed by atoms with Crippen molar-refractivity contribution in [2.75, 3.05) is 65.4 Å². The predicted octanol–water partition coefficient (Wildman–Crippen LogP) is 10.7. The van der Waals surface area contributed by atoms with Crippen molar-refractivity contribution in [3.05, 3.63) is 96.8 Å². The largest absolute Gasteiger partial charge is 0.493 e. The first-order valence-corrected chi connectivity index (χ1v) is 24.7. The zero-order valence-corrected chi connectivity index (χ0v) is 42.1. The maximum absolute atomic E-state index is 11.8. The molecule has 0 aliphatic carbocycles. The number of fused-ring (bicyclic) bond motifs is 4. The molecule has 1 amide bonds. The molecular formula is C52H55Cl3N8O8. The fraction of sp³-hybridized carbons (Fsp3) is 0.346. The standard InChI is InChI=1S/C26H27ClN4O4.C24H26N4O3.C2H2Cl2O/c1-16-13-28-21-4-3-18(9-19(16)21)35-26-20-10-23(33-2)24(11-22(20)29-15-30-26)34-14-17-5-7-31(8-6-17)25(32)12-27;1-15-12-26-20-4-3-17(9-18(15)20)31-24-19-10-22(29-2)23(11-21(19)27-14-28-24)30-13-16-5-7-25-8-6-16;3-1-2(4)5/h3-4,9-11,13,15,17,28H,5-8,12,14H2,1-2H3;3-4,9-12,14,16,25-26H,5-8,13H2,1-2H3;1H2. The van der Waals surface area contributed by atoms with Gasteiger partial charge in [-0.1, -0.05) is 0 Å². The molecule has 0 spiro atoms. The molecule has 8 aromatic rings. The number of carbonyl (C=O) groups is 2. The Kier molecular flexibility index (Phi) is 17.2. The number of amides is 1. The number of H-pyrrole nitrogens is 2. The molecule has 2 aliphatic heterocycles. The third-order valence-electron chi connectivity index (χ3n) is 12.5. The molecule has 2 saturated heterocycles. The number of halogens is 3. The second-order valence-corrected chi connectivity index (χ2v) is 18.2. The zero-order valence-electron chi connectivity index (χ0n) is 39.9. The van der Waals surface area contributed by atoms with Crippen LogP contribution in [0, 0.1) is 25.7 Å². The van der Waals surface area contributed by atoms with E-state index >= 15 is 0 Å². The van der Waals surface area contributed by atoms with Gasteiger partial charge in [0.1, 0.15) is 30.0 Å². The van der Waals surface area contributed by atoms with Crippen LogP contribution in [0.25, 0.3) is 43.6 Å². The van der Waals surface area contributed by atoms with E-state index in [2.05, 4.69) is 49.1 Å². The van der Waals surface area contributed by atoms with Crippen molar-refractivity contribution in [1.82, 2.24) is 40.1 Å². The molecule has 6 heterocycles. The molecule has 372 valence electrons. The SMILES string of the molecule is COc1cc2c(Oc3ccc4[nH]cc(C)c4c3)ncnc2cc1OCC1CCN(C(=O)CCl)CC1.COc1cc2c(Oc3ccc4[nH]cc(C)c4c3)ncnc2cc1OCC1CCNCC1.O=C(Cl)CCl. The van der Waals surface area contributed by atoms with Crippen molar-refractivity contribution >= 4 is 89.6 Å². The van der Waals surface area contributed by atoms with E-state index in [1.54, 1.807) is 14.2 Å². The van der Waals surface area contributed by atoms with Crippen molar-refractivity contribution < 1.29 is 38.0 Å². The molecule has 3 N–H and O–H groups in total. The minimum atomic E-state index is -0.508. The Morgan fingerprint density at radius 2 is 1.08 bits per heavy atom. The van der Waals surface area contributed by atoms with Gasteiger partial charge in [0.2, 0.25) is 22.9 Å². The quantitative estimate of drug-likeness (QED) is 0.0690. The number of ether oxygens (including phenoxy) is 6. The number of nitrogens with one attached hydrogen (secondary N) is 3. The Hall–Kier alpha value is -6.59. The van der Waals surface area contributed by atoms with Crippen LogP contribution in [0.2, 0.25) is 0 Å². The smallest absolute Gasteiger partial charge is 0.237 e. The highest BCUT2D eigenvalue weighted by Gasteiger charge is 2.24. The number of carbonyl (C=O) groups excluding carboxylic acids is 2. The predicted molar refractivity (Wildman–Crippen MR) is 277 cm³/mol. The molecule has 0 bridgehead atoms. The maximum atomic E-state index is 11.8. The number of piperidine rings is 2. The van der Waals surface area contributed by atoms with Crippen LogP contribution in [0.15, 0.2) is 85.7 Å². The molecule has 0 unspecified atom stereocenters. The summed E-state index contributed by atoms with van der Waals surface area (Å²) >= 11 is 15.2. The number of nitrogens with zero attached hydrogens (tertiary/aromatic N) is 5. The van der Waals surface area contributed by atoms with Gasteiger partial charge in [-0.2, -0.15) is 0 Å². The summed E-state index contributed by atoms with van der Waals surface area (Å²) in [5, 5.41) is 6.62. The van der Waals surface area contributed by atoms with Gasteiger partial charge in [-0.15, -0.1) is 23.2 Å². The first kappa shape index (κ1) is 50.8. The Labute approximate surface area is 425 Å². The summed E-state index contributed by atoms with van der Waals surface area (Å²) in [4.78, 5) is 47.1. The van der Waals surface area contributed by atoms with Crippen LogP contribution in [-0.2, 0) is 9.59 Å². The van der Waals surface area contributed by atoms with Gasteiger partial charge in [0.25, 0.3) is 0 Å². The summed E-state index contributed by atoms with van der Waals surface area (Å²) in [6.07, 6.45) is 11.0. The number of hydrogen-bond donors (Lipinski definition) is 3. The van der Waals surface area contributed by atoms with E-state index < -0.39 is 5.24 Å². The summed E-state index contributed by atoms with van der Waals surface area (Å²) < 4.78 is 35.8. The lowest BCUT2D eigenvalue weighted by atomic mass is 9.98. The molecule has 16 nitrogen and oxygen atoms in total. The van der Waals surface area contributed by atoms with Crippen LogP contribution in [0.3, 0.4) is 0 Å². The van der Waals surface area contributed by atoms with E-state index in [0.717, 1.165) is 88.2 Å². The fourth-order valence-electron chi connectivity index (χ4n) is 8.51. The van der Waals surface area contributed by atoms with Crippen molar-refractivity contribution in [2.45, 2.75) is 39.5 Å². The van der Waals surface area contributed by atoms with Gasteiger partial charge in [-0.25, -0.2) is 19.9 Å². The first-order chi connectivity index (χ1) is 34.5. The molecule has 0 atom stereocenters. The van der Waals surface area contributed by atoms with Gasteiger partial charge in [-0.3, -0.25) is 9.59 Å². The Balaban J connectivity index is 0.000000175. The van der Waals surface area contributed by atoms with Gasteiger partial charge < -0.3 is 48.6 Å². The van der Waals surface area contributed by atoms with Crippen LogP contribution in [-0.4, -0.2) is 111 Å². The van der Waals surface area contributed by atoms with Crippen LogP contribution in [0.4, 0.5) is 0 Å². The summed E-state index contributed by atoms with van der Waals surface area (Å²) in [7, 11) is 3.25. The summed E-state index contributed by atoms with van der Waals surface area (Å²) in [5.41, 5.74) is 5.91. The molecule has 71 heavy (non-hydrogen) atoms. The fourth-order valence-corrected chi connectivity index (χ4v) is 8.68. The van der Waals surface area contributed by atoms with Crippen molar-refractivity contribution in [3.8, 4) is 46.3 Å². The Morgan fingerprint density at radius 1 is 0.620 bits per heavy atom. The summed E-state index contributed by atoms with van der Waals surface area (Å²) in [6.45, 7) is 8.84. The highest BCUT2D eigenvalue weighted by Crippen LogP contribution is 2.39. The molecule has 4 aromatic carbocycles. The molecule has 10 rings (SSSR count). The second kappa shape index (κ2) is 24.0. The number of methoxy groups -OCH3 is 2. The number of aromatic amines is 2. The van der Waals surface area contributed by atoms with Crippen LogP contribution in [0.5, 0.6) is 46.3 Å². The van der Waals surface area contributed by atoms with E-state index in [-0.39, 0.29) is 17.7 Å². The van der Waals surface area contributed by atoms with E-state index in [0.29, 0.717) is 84.2 Å². The lowest BCUT2D eigenvalue weighted by Crippen LogP contribution is -2.40. The summed E-state index contributed by atoms with van der Waals surface area (Å²) in [5.74, 6) is 5.73. The number of likely N-dealkylation sites (tertiary alicyclic amines) is 1. The second-order valence-electron chi connectivity index (χ2n) is 17.2. The zero-order chi connectivity index (χ0) is 49.9. The third kappa shape index (κ3) is 12.7. The van der Waals surface area contributed by atoms with Gasteiger partial charge in [0.15, 0.2) is 23.0 Å². The number of aromatic nitrogens is 6. The van der Waals surface area contributed by atoms with E-state index in [1.165, 1.54) is 18.2 Å². The normalized spacial score (nSPS) is 14.1. The van der Waals surface area contributed by atoms with Gasteiger partial charge in [-0.05, 0) is 136 Å². The van der Waals surface area contributed by atoms with Gasteiger partial charge >= 0.3 is 0 Å². The molecular weight excluding hydrogens is 971 g/mol. The summed E-state index contributed by atoms with van der Waals surface area (Å²) in [6, 6.07) is 19.4. The average Bonchev–Trinajstić information content (AvgIpc) is 3.97. The molecule has 0 radical (unpaired) electrons. The molecule has 2 fully saturated rings. The van der Waals surface area contributed by atoms with Crippen molar-refractivity contribution in [1.29, 1.82) is 0 Å². The monoisotopic (exact) mass is 1020 g/mol. The third-order valence-corrected chi connectivity index (χ3v) is 13.3. The average molecular weight is 1030 g/mol. The maximum Gasteiger partial charge on any atom is 0.237 e. The van der Waals surface area contributed by atoms with Gasteiger partial charge in [0, 0.05) is 59.4 Å². The van der Waals surface area contributed by atoms with Crippen molar-refractivity contribution in [2.24, 2.45) is 11.8 Å². The highest BCUT2D eigenvalue weighted by atomic mass is 35.5. The molecule has 0 saturated carbocycles. The number of rotatable bonds is 14. The molecule has 2 aliphatic rings. The van der Waals surface area contributed by atoms with Crippen LogP contribution in [0.1, 0.15) is 36.8 Å². The van der Waals surface area contributed by atoms with E-state index in [4.69, 9.17) is 63.2 Å². The highest BCUT2D eigenvalue weighted by molar-refractivity contribution is 6.67. The van der Waals surface area contributed by atoms with E-state index in [1.807, 2.05) is 78.0 Å². The first-order valence-electron chi connectivity index (χ1n) is 23.2. The van der Waals surface area contributed by atoms with Crippen LogP contribution < -0.4 is 33.7 Å². The Morgan fingerprint density at radius 3 is 1.52 bits per heavy atom. The number of benzene rings is 4. The number of aryl methyl sites for hydroxylation is 2. The minimum Gasteiger partial charge on any atom is -0.493 e. The molecule has 4 aromatic heterocycles. The lowest BCUT2D eigenvalue weighted by molar-refractivity contribution is -0.130.